The van der Waals surface area contributed by atoms with Gasteiger partial charge in [-0.3, -0.25) is 9.69 Å². The number of pyridine rings is 1. The van der Waals surface area contributed by atoms with Gasteiger partial charge in [0.1, 0.15) is 11.5 Å². The summed E-state index contributed by atoms with van der Waals surface area (Å²) in [6.45, 7) is 4.63. The molecular formula is C27H24N4O3. The number of amides is 1. The quantitative estimate of drug-likeness (QED) is 0.392. The second kappa shape index (κ2) is 8.59. The smallest absolute Gasteiger partial charge is 0.337 e. The third-order valence-corrected chi connectivity index (χ3v) is 6.00. The highest BCUT2D eigenvalue weighted by molar-refractivity contribution is 6.10. The van der Waals surface area contributed by atoms with E-state index in [2.05, 4.69) is 23.4 Å². The minimum atomic E-state index is -0.394. The number of ether oxygens (including phenoxy) is 1. The Bertz CT molecular complexity index is 1410. The fourth-order valence-electron chi connectivity index (χ4n) is 4.24. The number of methoxy groups -OCH3 is 1. The largest absolute Gasteiger partial charge is 0.465 e. The molecule has 7 nitrogen and oxygen atoms in total. The first-order valence-electron chi connectivity index (χ1n) is 11.1. The van der Waals surface area contributed by atoms with Gasteiger partial charge in [0.05, 0.1) is 19.2 Å². The maximum atomic E-state index is 13.4. The van der Waals surface area contributed by atoms with Gasteiger partial charge in [-0.15, -0.1) is 0 Å². The highest BCUT2D eigenvalue weighted by Gasteiger charge is 2.30. The average Bonchev–Trinajstić information content (AvgIpc) is 3.49. The van der Waals surface area contributed by atoms with Crippen LogP contribution in [0, 0.1) is 0 Å². The molecule has 0 bridgehead atoms. The van der Waals surface area contributed by atoms with Gasteiger partial charge in [0.2, 0.25) is 0 Å². The summed E-state index contributed by atoms with van der Waals surface area (Å²) in [4.78, 5) is 36.2. The predicted octanol–water partition coefficient (Wildman–Crippen LogP) is 5.14. The summed E-state index contributed by atoms with van der Waals surface area (Å²) in [7, 11) is 1.36. The van der Waals surface area contributed by atoms with Crippen molar-refractivity contribution in [2.24, 2.45) is 0 Å². The molecule has 4 aromatic rings. The molecule has 0 spiro atoms. The molecular weight excluding hydrogens is 428 g/mol. The first-order chi connectivity index (χ1) is 16.5. The van der Waals surface area contributed by atoms with Crippen LogP contribution < -0.4 is 4.90 Å². The zero-order valence-corrected chi connectivity index (χ0v) is 19.2. The Kier molecular flexibility index (Phi) is 5.45. The summed E-state index contributed by atoms with van der Waals surface area (Å²) in [5, 5.41) is 0. The third kappa shape index (κ3) is 3.75. The molecule has 7 heteroatoms. The van der Waals surface area contributed by atoms with E-state index in [0.29, 0.717) is 23.5 Å². The van der Waals surface area contributed by atoms with Crippen molar-refractivity contribution >= 4 is 17.7 Å². The molecule has 0 atom stereocenters. The SMILES string of the molecule is COC(=O)c1cccc(-c2ccc3c(c2)C(=O)N(c2cccc(-c4nccn4C(C)C)n2)C3)c1. The second-order valence-electron chi connectivity index (χ2n) is 8.47. The zero-order chi connectivity index (χ0) is 23.8. The molecule has 0 aliphatic carbocycles. The van der Waals surface area contributed by atoms with E-state index in [1.54, 1.807) is 29.3 Å². The van der Waals surface area contributed by atoms with Crippen LogP contribution in [0.2, 0.25) is 0 Å². The first kappa shape index (κ1) is 21.6. The van der Waals surface area contributed by atoms with Gasteiger partial charge in [0.15, 0.2) is 5.82 Å². The monoisotopic (exact) mass is 452 g/mol. The van der Waals surface area contributed by atoms with E-state index < -0.39 is 5.97 Å². The summed E-state index contributed by atoms with van der Waals surface area (Å²) in [5.41, 5.74) is 4.47. The number of hydrogen-bond acceptors (Lipinski definition) is 5. The maximum Gasteiger partial charge on any atom is 0.337 e. The van der Waals surface area contributed by atoms with Crippen molar-refractivity contribution in [2.75, 3.05) is 12.0 Å². The molecule has 1 amide bonds. The number of rotatable bonds is 5. The van der Waals surface area contributed by atoms with Gasteiger partial charge >= 0.3 is 5.97 Å². The van der Waals surface area contributed by atoms with Gasteiger partial charge in [-0.25, -0.2) is 14.8 Å². The van der Waals surface area contributed by atoms with Gasteiger partial charge in [-0.1, -0.05) is 30.3 Å². The van der Waals surface area contributed by atoms with E-state index >= 15 is 0 Å². The maximum absolute atomic E-state index is 13.4. The van der Waals surface area contributed by atoms with Gasteiger partial charge in [0, 0.05) is 24.0 Å². The lowest BCUT2D eigenvalue weighted by molar-refractivity contribution is 0.0600. The van der Waals surface area contributed by atoms with E-state index in [1.165, 1.54) is 7.11 Å². The van der Waals surface area contributed by atoms with Crippen LogP contribution in [0.15, 0.2) is 73.1 Å². The molecule has 0 unspecified atom stereocenters. The van der Waals surface area contributed by atoms with Crippen LogP contribution in [0.25, 0.3) is 22.6 Å². The van der Waals surface area contributed by atoms with Crippen LogP contribution in [-0.2, 0) is 11.3 Å². The number of aromatic nitrogens is 3. The number of carbonyl (C=O) groups excluding carboxylic acids is 2. The van der Waals surface area contributed by atoms with Crippen LogP contribution >= 0.6 is 0 Å². The lowest BCUT2D eigenvalue weighted by atomic mass is 9.99. The Morgan fingerprint density at radius 1 is 1.03 bits per heavy atom. The highest BCUT2D eigenvalue weighted by Crippen LogP contribution is 2.32. The Morgan fingerprint density at radius 2 is 1.82 bits per heavy atom. The van der Waals surface area contributed by atoms with E-state index in [4.69, 9.17) is 9.72 Å². The molecule has 0 N–H and O–H groups in total. The zero-order valence-electron chi connectivity index (χ0n) is 19.2. The number of esters is 1. The molecule has 0 radical (unpaired) electrons. The highest BCUT2D eigenvalue weighted by atomic mass is 16.5. The van der Waals surface area contributed by atoms with Crippen LogP contribution in [-0.4, -0.2) is 33.5 Å². The molecule has 1 aliphatic rings. The molecule has 3 heterocycles. The van der Waals surface area contributed by atoms with Crippen molar-refractivity contribution in [3.05, 3.63) is 89.7 Å². The number of anilines is 1. The van der Waals surface area contributed by atoms with Crippen LogP contribution in [0.4, 0.5) is 5.82 Å². The average molecular weight is 453 g/mol. The fraction of sp³-hybridized carbons (Fsp3) is 0.185. The molecule has 2 aromatic heterocycles. The summed E-state index contributed by atoms with van der Waals surface area (Å²) in [6, 6.07) is 18.9. The second-order valence-corrected chi connectivity index (χ2v) is 8.47. The summed E-state index contributed by atoms with van der Waals surface area (Å²) < 4.78 is 6.88. The van der Waals surface area contributed by atoms with Crippen LogP contribution in [0.3, 0.4) is 0 Å². The number of benzene rings is 2. The summed E-state index contributed by atoms with van der Waals surface area (Å²) >= 11 is 0. The molecule has 1 aliphatic heterocycles. The van der Waals surface area contributed by atoms with E-state index in [9.17, 15) is 9.59 Å². The Hall–Kier alpha value is -4.26. The van der Waals surface area contributed by atoms with E-state index in [-0.39, 0.29) is 11.9 Å². The van der Waals surface area contributed by atoms with Gasteiger partial charge in [-0.2, -0.15) is 0 Å². The van der Waals surface area contributed by atoms with Crippen LogP contribution in [0.1, 0.15) is 46.2 Å². The van der Waals surface area contributed by atoms with E-state index in [1.807, 2.05) is 48.7 Å². The molecule has 5 rings (SSSR count). The summed E-state index contributed by atoms with van der Waals surface area (Å²) in [5.74, 6) is 0.868. The Labute approximate surface area is 197 Å². The molecule has 170 valence electrons. The number of nitrogens with zero attached hydrogens (tertiary/aromatic N) is 4. The summed E-state index contributed by atoms with van der Waals surface area (Å²) in [6.07, 6.45) is 3.69. The van der Waals surface area contributed by atoms with Crippen LogP contribution in [0.5, 0.6) is 0 Å². The van der Waals surface area contributed by atoms with Gasteiger partial charge in [0.25, 0.3) is 5.91 Å². The lowest BCUT2D eigenvalue weighted by Crippen LogP contribution is -2.24. The third-order valence-electron chi connectivity index (χ3n) is 6.00. The van der Waals surface area contributed by atoms with Crippen molar-refractivity contribution in [3.8, 4) is 22.6 Å². The number of hydrogen-bond donors (Lipinski definition) is 0. The Balaban J connectivity index is 1.46. The molecule has 0 saturated heterocycles. The number of imidazole rings is 1. The minimum absolute atomic E-state index is 0.0992. The topological polar surface area (TPSA) is 77.3 Å². The van der Waals surface area contributed by atoms with Crippen molar-refractivity contribution in [1.29, 1.82) is 0 Å². The van der Waals surface area contributed by atoms with Crippen molar-refractivity contribution in [3.63, 3.8) is 0 Å². The van der Waals surface area contributed by atoms with Crippen molar-refractivity contribution in [2.45, 2.75) is 26.4 Å². The lowest BCUT2D eigenvalue weighted by Gasteiger charge is -2.16. The molecule has 34 heavy (non-hydrogen) atoms. The number of fused-ring (bicyclic) bond motifs is 1. The standard InChI is InChI=1S/C27H24N4O3/c1-17(2)30-13-12-28-25(30)23-8-5-9-24(29-23)31-16-21-11-10-19(15-22(21)26(31)32)18-6-4-7-20(14-18)27(33)34-3/h4-15,17H,16H2,1-3H3. The van der Waals surface area contributed by atoms with Gasteiger partial charge in [-0.05, 0) is 60.9 Å². The first-order valence-corrected chi connectivity index (χ1v) is 11.1. The predicted molar refractivity (Wildman–Crippen MR) is 130 cm³/mol. The molecule has 0 saturated carbocycles. The van der Waals surface area contributed by atoms with Crippen molar-refractivity contribution in [1.82, 2.24) is 14.5 Å². The Morgan fingerprint density at radius 3 is 2.62 bits per heavy atom. The minimum Gasteiger partial charge on any atom is -0.465 e. The van der Waals surface area contributed by atoms with Crippen molar-refractivity contribution < 1.29 is 14.3 Å². The number of carbonyl (C=O) groups is 2. The van der Waals surface area contributed by atoms with Gasteiger partial charge < -0.3 is 9.30 Å². The normalized spacial score (nSPS) is 12.8. The fourth-order valence-corrected chi connectivity index (χ4v) is 4.24. The molecule has 2 aromatic carbocycles. The molecule has 0 fully saturated rings. The van der Waals surface area contributed by atoms with E-state index in [0.717, 1.165) is 28.2 Å².